The molecule has 3 N–H and O–H groups in total. The first-order valence-corrected chi connectivity index (χ1v) is 6.79. The van der Waals surface area contributed by atoms with Crippen LogP contribution >= 0.6 is 11.3 Å². The number of hydrogen-bond acceptors (Lipinski definition) is 4. The van der Waals surface area contributed by atoms with E-state index in [2.05, 4.69) is 10.4 Å². The van der Waals surface area contributed by atoms with E-state index in [-0.39, 0.29) is 6.04 Å². The Balaban J connectivity index is 1.77. The molecule has 0 spiro atoms. The zero-order chi connectivity index (χ0) is 12.9. The molecular formula is C11H14F3N3S. The van der Waals surface area contributed by atoms with Crippen molar-refractivity contribution in [2.45, 2.75) is 31.5 Å². The first kappa shape index (κ1) is 12.4. The molecule has 3 rings (SSSR count). The minimum Gasteiger partial charge on any atom is -0.271 e. The van der Waals surface area contributed by atoms with Crippen molar-refractivity contribution in [3.63, 3.8) is 0 Å². The molecule has 3 unspecified atom stereocenters. The number of nitrogens with zero attached hydrogens (tertiary/aromatic N) is 1. The van der Waals surface area contributed by atoms with Crippen LogP contribution in [0.15, 0.2) is 6.20 Å². The van der Waals surface area contributed by atoms with Crippen molar-refractivity contribution in [1.82, 2.24) is 10.4 Å². The van der Waals surface area contributed by atoms with Crippen LogP contribution in [0.3, 0.4) is 0 Å². The maximum atomic E-state index is 12.5. The molecule has 0 saturated heterocycles. The third kappa shape index (κ3) is 2.15. The molecule has 18 heavy (non-hydrogen) atoms. The number of nitrogens with one attached hydrogen (secondary N) is 1. The Morgan fingerprint density at radius 1 is 1.33 bits per heavy atom. The monoisotopic (exact) mass is 277 g/mol. The van der Waals surface area contributed by atoms with E-state index < -0.39 is 11.2 Å². The van der Waals surface area contributed by atoms with Crippen molar-refractivity contribution >= 4 is 11.3 Å². The smallest absolute Gasteiger partial charge is 0.271 e. The van der Waals surface area contributed by atoms with Crippen molar-refractivity contribution < 1.29 is 13.2 Å². The predicted molar refractivity (Wildman–Crippen MR) is 61.5 cm³/mol. The van der Waals surface area contributed by atoms with Gasteiger partial charge >= 0.3 is 6.18 Å². The van der Waals surface area contributed by atoms with Crippen molar-refractivity contribution in [3.8, 4) is 0 Å². The average molecular weight is 277 g/mol. The maximum absolute atomic E-state index is 12.5. The van der Waals surface area contributed by atoms with Crippen LogP contribution < -0.4 is 11.3 Å². The van der Waals surface area contributed by atoms with Crippen LogP contribution in [0.2, 0.25) is 0 Å². The van der Waals surface area contributed by atoms with Gasteiger partial charge in [-0.1, -0.05) is 0 Å². The second kappa shape index (κ2) is 4.18. The van der Waals surface area contributed by atoms with Gasteiger partial charge in [0.2, 0.25) is 0 Å². The zero-order valence-electron chi connectivity index (χ0n) is 9.57. The summed E-state index contributed by atoms with van der Waals surface area (Å²) in [5.41, 5.74) is 2.67. The summed E-state index contributed by atoms with van der Waals surface area (Å²) in [6.45, 7) is 0. The second-order valence-electron chi connectivity index (χ2n) is 5.20. The van der Waals surface area contributed by atoms with Gasteiger partial charge in [0.1, 0.15) is 0 Å². The Morgan fingerprint density at radius 3 is 2.50 bits per heavy atom. The highest BCUT2D eigenvalue weighted by molar-refractivity contribution is 7.11. The lowest BCUT2D eigenvalue weighted by Crippen LogP contribution is -2.32. The zero-order valence-corrected chi connectivity index (χ0v) is 10.4. The molecule has 2 fully saturated rings. The van der Waals surface area contributed by atoms with Crippen LogP contribution in [-0.2, 0) is 6.18 Å². The van der Waals surface area contributed by atoms with E-state index in [0.29, 0.717) is 22.1 Å². The lowest BCUT2D eigenvalue weighted by molar-refractivity contribution is -0.137. The Hall–Kier alpha value is -0.660. The molecule has 1 heterocycles. The van der Waals surface area contributed by atoms with E-state index in [1.807, 2.05) is 0 Å². The van der Waals surface area contributed by atoms with E-state index in [4.69, 9.17) is 5.84 Å². The number of rotatable bonds is 3. The Bertz CT molecular complexity index is 435. The van der Waals surface area contributed by atoms with Gasteiger partial charge in [-0.05, 0) is 37.0 Å². The predicted octanol–water partition coefficient (Wildman–Crippen LogP) is 2.71. The molecular weight excluding hydrogens is 263 g/mol. The number of fused-ring (bicyclic) bond motifs is 1. The average Bonchev–Trinajstić information content (AvgIpc) is 2.77. The van der Waals surface area contributed by atoms with Crippen molar-refractivity contribution in [2.75, 3.05) is 0 Å². The molecule has 1 aromatic heterocycles. The normalized spacial score (nSPS) is 32.3. The number of nitrogens with two attached hydrogens (primary N) is 1. The number of aromatic nitrogens is 1. The fourth-order valence-electron chi connectivity index (χ4n) is 3.05. The first-order valence-electron chi connectivity index (χ1n) is 5.98. The molecule has 2 saturated carbocycles. The van der Waals surface area contributed by atoms with Gasteiger partial charge < -0.3 is 0 Å². The summed E-state index contributed by atoms with van der Waals surface area (Å²) in [5.74, 6) is 7.42. The molecule has 0 amide bonds. The van der Waals surface area contributed by atoms with Gasteiger partial charge in [-0.2, -0.15) is 13.2 Å². The number of halogens is 3. The Kier molecular flexibility index (Phi) is 2.87. The second-order valence-corrected chi connectivity index (χ2v) is 6.26. The van der Waals surface area contributed by atoms with E-state index in [0.717, 1.165) is 24.7 Å². The van der Waals surface area contributed by atoms with E-state index >= 15 is 0 Å². The summed E-state index contributed by atoms with van der Waals surface area (Å²) < 4.78 is 37.5. The highest BCUT2D eigenvalue weighted by Gasteiger charge is 2.48. The van der Waals surface area contributed by atoms with Gasteiger partial charge in [-0.3, -0.25) is 11.3 Å². The fourth-order valence-corrected chi connectivity index (χ4v) is 3.98. The van der Waals surface area contributed by atoms with Gasteiger partial charge in [0.25, 0.3) is 0 Å². The topological polar surface area (TPSA) is 50.9 Å². The largest absolute Gasteiger partial charge is 0.443 e. The maximum Gasteiger partial charge on any atom is 0.443 e. The Morgan fingerprint density at radius 2 is 2.00 bits per heavy atom. The molecule has 3 atom stereocenters. The fraction of sp³-hybridized carbons (Fsp3) is 0.727. The quantitative estimate of drug-likeness (QED) is 0.660. The molecule has 0 aromatic carbocycles. The van der Waals surface area contributed by atoms with E-state index in [9.17, 15) is 13.2 Å². The lowest BCUT2D eigenvalue weighted by atomic mass is 9.94. The number of alkyl halides is 3. The van der Waals surface area contributed by atoms with Crippen molar-refractivity contribution in [1.29, 1.82) is 0 Å². The highest BCUT2D eigenvalue weighted by Crippen LogP contribution is 2.57. The third-order valence-corrected chi connectivity index (χ3v) is 5.13. The highest BCUT2D eigenvalue weighted by atomic mass is 32.1. The summed E-state index contributed by atoms with van der Waals surface area (Å²) in [4.78, 5) is 4.05. The lowest BCUT2D eigenvalue weighted by Gasteiger charge is -2.22. The SMILES string of the molecule is NNC(c1cnc(C(F)(F)F)s1)C1CC2CC2C1. The third-order valence-electron chi connectivity index (χ3n) is 4.00. The Labute approximate surface area is 107 Å². The molecule has 0 bridgehead atoms. The minimum absolute atomic E-state index is 0.189. The molecule has 0 radical (unpaired) electrons. The van der Waals surface area contributed by atoms with E-state index in [1.165, 1.54) is 12.6 Å². The number of hydrazine groups is 1. The summed E-state index contributed by atoms with van der Waals surface area (Å²) in [6, 6.07) is -0.189. The van der Waals surface area contributed by atoms with Crippen molar-refractivity contribution in [3.05, 3.63) is 16.1 Å². The molecule has 2 aliphatic rings. The molecule has 0 aliphatic heterocycles. The molecule has 3 nitrogen and oxygen atoms in total. The molecule has 2 aliphatic carbocycles. The van der Waals surface area contributed by atoms with Crippen LogP contribution in [0.1, 0.15) is 35.2 Å². The van der Waals surface area contributed by atoms with Crippen LogP contribution in [0.4, 0.5) is 13.2 Å². The minimum atomic E-state index is -4.36. The van der Waals surface area contributed by atoms with Crippen LogP contribution in [0.25, 0.3) is 0 Å². The van der Waals surface area contributed by atoms with Gasteiger partial charge in [0.05, 0.1) is 6.04 Å². The summed E-state index contributed by atoms with van der Waals surface area (Å²) in [6.07, 6.45) is 0.365. The van der Waals surface area contributed by atoms with Gasteiger partial charge in [0.15, 0.2) is 5.01 Å². The van der Waals surface area contributed by atoms with Crippen LogP contribution in [0.5, 0.6) is 0 Å². The number of thiazole rings is 1. The van der Waals surface area contributed by atoms with Crippen LogP contribution in [-0.4, -0.2) is 4.98 Å². The molecule has 100 valence electrons. The molecule has 1 aromatic rings. The van der Waals surface area contributed by atoms with Crippen molar-refractivity contribution in [2.24, 2.45) is 23.6 Å². The van der Waals surface area contributed by atoms with E-state index in [1.54, 1.807) is 0 Å². The summed E-state index contributed by atoms with van der Waals surface area (Å²) in [5, 5.41) is -0.791. The first-order chi connectivity index (χ1) is 8.49. The molecule has 7 heteroatoms. The van der Waals surface area contributed by atoms with Crippen LogP contribution in [0, 0.1) is 17.8 Å². The van der Waals surface area contributed by atoms with Gasteiger partial charge in [-0.15, -0.1) is 11.3 Å². The van der Waals surface area contributed by atoms with Gasteiger partial charge in [0, 0.05) is 11.1 Å². The standard InChI is InChI=1S/C11H14F3N3S/c12-11(13,14)10-16-4-8(18-10)9(17-15)7-2-5-1-6(5)3-7/h4-7,9,17H,1-3,15H2. The summed E-state index contributed by atoms with van der Waals surface area (Å²) in [7, 11) is 0. The number of hydrogen-bond donors (Lipinski definition) is 2. The van der Waals surface area contributed by atoms with Gasteiger partial charge in [-0.25, -0.2) is 4.98 Å². The summed E-state index contributed by atoms with van der Waals surface area (Å²) >= 11 is 0.697.